The highest BCUT2D eigenvalue weighted by Crippen LogP contribution is 2.35. The third kappa shape index (κ3) is 2.56. The smallest absolute Gasteiger partial charge is 0.253 e. The van der Waals surface area contributed by atoms with Crippen molar-refractivity contribution < 1.29 is 9.59 Å². The number of anilines is 1. The Balaban J connectivity index is 1.98. The lowest BCUT2D eigenvalue weighted by Crippen LogP contribution is -2.70. The van der Waals surface area contributed by atoms with E-state index in [1.165, 1.54) is 0 Å². The van der Waals surface area contributed by atoms with E-state index in [2.05, 4.69) is 27.9 Å². The van der Waals surface area contributed by atoms with Crippen molar-refractivity contribution in [3.8, 4) is 0 Å². The molecule has 2 fully saturated rings. The summed E-state index contributed by atoms with van der Waals surface area (Å²) in [5.41, 5.74) is 0.137. The first kappa shape index (κ1) is 14.8. The van der Waals surface area contributed by atoms with Gasteiger partial charge in [-0.3, -0.25) is 14.5 Å². The van der Waals surface area contributed by atoms with Gasteiger partial charge in [0, 0.05) is 9.26 Å². The fourth-order valence-electron chi connectivity index (χ4n) is 3.35. The summed E-state index contributed by atoms with van der Waals surface area (Å²) in [6, 6.07) is 7.33. The van der Waals surface area contributed by atoms with Crippen LogP contribution in [0.25, 0.3) is 0 Å². The second kappa shape index (κ2) is 5.59. The van der Waals surface area contributed by atoms with Crippen molar-refractivity contribution in [3.05, 3.63) is 27.8 Å². The third-order valence-corrected chi connectivity index (χ3v) is 5.29. The Morgan fingerprint density at radius 2 is 1.76 bits per heavy atom. The van der Waals surface area contributed by atoms with Gasteiger partial charge in [-0.15, -0.1) is 0 Å². The Morgan fingerprint density at radius 3 is 2.38 bits per heavy atom. The van der Waals surface area contributed by atoms with Crippen LogP contribution in [0.3, 0.4) is 0 Å². The van der Waals surface area contributed by atoms with E-state index in [4.69, 9.17) is 0 Å². The molecule has 1 heterocycles. The SMILES string of the molecule is CC1C(=O)NC2(CCCCC2)C(=O)N1c1ccc(I)cc1. The molecule has 1 aliphatic heterocycles. The zero-order valence-corrected chi connectivity index (χ0v) is 14.2. The van der Waals surface area contributed by atoms with Crippen LogP contribution in [0.1, 0.15) is 39.0 Å². The number of nitrogens with zero attached hydrogens (tertiary/aromatic N) is 1. The van der Waals surface area contributed by atoms with Crippen LogP contribution in [0.2, 0.25) is 0 Å². The van der Waals surface area contributed by atoms with Gasteiger partial charge < -0.3 is 5.32 Å². The zero-order valence-electron chi connectivity index (χ0n) is 12.1. The first-order valence-electron chi connectivity index (χ1n) is 7.45. The first-order valence-corrected chi connectivity index (χ1v) is 8.53. The third-order valence-electron chi connectivity index (χ3n) is 4.57. The molecule has 4 nitrogen and oxygen atoms in total. The molecule has 1 aromatic rings. The average molecular weight is 398 g/mol. The molecular weight excluding hydrogens is 379 g/mol. The summed E-state index contributed by atoms with van der Waals surface area (Å²) in [6.45, 7) is 1.79. The molecule has 1 spiro atoms. The summed E-state index contributed by atoms with van der Waals surface area (Å²) >= 11 is 2.24. The number of hydrogen-bond acceptors (Lipinski definition) is 2. The molecule has 3 rings (SSSR count). The highest BCUT2D eigenvalue weighted by atomic mass is 127. The number of hydrogen-bond donors (Lipinski definition) is 1. The maximum atomic E-state index is 13.1. The van der Waals surface area contributed by atoms with Gasteiger partial charge in [-0.05, 0) is 66.6 Å². The van der Waals surface area contributed by atoms with Crippen molar-refractivity contribution in [2.45, 2.75) is 50.6 Å². The van der Waals surface area contributed by atoms with Crippen molar-refractivity contribution in [2.24, 2.45) is 0 Å². The Hall–Kier alpha value is -1.11. The van der Waals surface area contributed by atoms with Crippen LogP contribution in [0.4, 0.5) is 5.69 Å². The molecule has 1 saturated heterocycles. The second-order valence-corrected chi connectivity index (χ2v) is 7.21. The van der Waals surface area contributed by atoms with Crippen molar-refractivity contribution in [3.63, 3.8) is 0 Å². The van der Waals surface area contributed by atoms with Crippen LogP contribution in [-0.2, 0) is 9.59 Å². The van der Waals surface area contributed by atoms with Gasteiger partial charge in [0.25, 0.3) is 5.91 Å². The quantitative estimate of drug-likeness (QED) is 0.740. The van der Waals surface area contributed by atoms with E-state index in [1.807, 2.05) is 24.3 Å². The predicted molar refractivity (Wildman–Crippen MR) is 90.1 cm³/mol. The molecule has 5 heteroatoms. The van der Waals surface area contributed by atoms with Crippen molar-refractivity contribution in [1.82, 2.24) is 5.32 Å². The van der Waals surface area contributed by atoms with E-state index in [-0.39, 0.29) is 11.8 Å². The van der Waals surface area contributed by atoms with Gasteiger partial charge in [-0.25, -0.2) is 0 Å². The van der Waals surface area contributed by atoms with Gasteiger partial charge >= 0.3 is 0 Å². The Labute approximate surface area is 138 Å². The molecule has 1 unspecified atom stereocenters. The molecule has 0 radical (unpaired) electrons. The molecule has 2 aliphatic rings. The second-order valence-electron chi connectivity index (χ2n) is 5.96. The lowest BCUT2D eigenvalue weighted by Gasteiger charge is -2.46. The summed E-state index contributed by atoms with van der Waals surface area (Å²) in [5.74, 6) is 0.00515. The predicted octanol–water partition coefficient (Wildman–Crippen LogP) is 2.85. The van der Waals surface area contributed by atoms with E-state index >= 15 is 0 Å². The molecule has 2 amide bonds. The topological polar surface area (TPSA) is 49.4 Å². The molecule has 112 valence electrons. The summed E-state index contributed by atoms with van der Waals surface area (Å²) in [5, 5.41) is 3.01. The minimum atomic E-state index is -0.676. The molecule has 1 saturated carbocycles. The van der Waals surface area contributed by atoms with Gasteiger partial charge in [-0.2, -0.15) is 0 Å². The van der Waals surface area contributed by atoms with Crippen LogP contribution in [0.5, 0.6) is 0 Å². The summed E-state index contributed by atoms with van der Waals surface area (Å²) < 4.78 is 1.12. The van der Waals surface area contributed by atoms with E-state index in [0.717, 1.165) is 41.4 Å². The van der Waals surface area contributed by atoms with Crippen LogP contribution in [0, 0.1) is 3.57 Å². The van der Waals surface area contributed by atoms with Crippen molar-refractivity contribution >= 4 is 40.1 Å². The van der Waals surface area contributed by atoms with E-state index in [0.29, 0.717) is 0 Å². The fourth-order valence-corrected chi connectivity index (χ4v) is 3.71. The molecule has 1 aromatic carbocycles. The van der Waals surface area contributed by atoms with Gasteiger partial charge in [0.2, 0.25) is 5.91 Å². The maximum Gasteiger partial charge on any atom is 0.253 e. The maximum absolute atomic E-state index is 13.1. The number of benzene rings is 1. The zero-order chi connectivity index (χ0) is 15.0. The van der Waals surface area contributed by atoms with Gasteiger partial charge in [0.05, 0.1) is 0 Å². The van der Waals surface area contributed by atoms with E-state index < -0.39 is 11.6 Å². The van der Waals surface area contributed by atoms with Crippen LogP contribution >= 0.6 is 22.6 Å². The molecule has 0 bridgehead atoms. The largest absolute Gasteiger partial charge is 0.340 e. The minimum Gasteiger partial charge on any atom is -0.340 e. The Kier molecular flexibility index (Phi) is 3.94. The lowest BCUT2D eigenvalue weighted by atomic mass is 9.78. The van der Waals surface area contributed by atoms with Crippen LogP contribution in [-0.4, -0.2) is 23.4 Å². The fraction of sp³-hybridized carbons (Fsp3) is 0.500. The summed E-state index contributed by atoms with van der Waals surface area (Å²) in [7, 11) is 0. The molecule has 1 N–H and O–H groups in total. The molecule has 1 aliphatic carbocycles. The first-order chi connectivity index (χ1) is 10.0. The normalized spacial score (nSPS) is 25.0. The number of carbonyl (C=O) groups excluding carboxylic acids is 2. The highest BCUT2D eigenvalue weighted by Gasteiger charge is 2.50. The number of nitrogens with one attached hydrogen (secondary N) is 1. The number of piperazine rings is 1. The van der Waals surface area contributed by atoms with Gasteiger partial charge in [-0.1, -0.05) is 19.3 Å². The highest BCUT2D eigenvalue weighted by molar-refractivity contribution is 14.1. The van der Waals surface area contributed by atoms with Crippen molar-refractivity contribution in [1.29, 1.82) is 0 Å². The lowest BCUT2D eigenvalue weighted by molar-refractivity contribution is -0.139. The average Bonchev–Trinajstić information content (AvgIpc) is 2.49. The molecule has 21 heavy (non-hydrogen) atoms. The number of rotatable bonds is 1. The number of halogens is 1. The number of carbonyl (C=O) groups is 2. The van der Waals surface area contributed by atoms with Crippen LogP contribution < -0.4 is 10.2 Å². The van der Waals surface area contributed by atoms with E-state index in [9.17, 15) is 9.59 Å². The van der Waals surface area contributed by atoms with Gasteiger partial charge in [0.15, 0.2) is 0 Å². The molecule has 0 aromatic heterocycles. The standard InChI is InChI=1S/C16H19IN2O2/c1-11-14(20)18-16(9-3-2-4-10-16)15(21)19(11)13-7-5-12(17)6-8-13/h5-8,11H,2-4,9-10H2,1H3,(H,18,20). The van der Waals surface area contributed by atoms with Crippen molar-refractivity contribution in [2.75, 3.05) is 4.90 Å². The van der Waals surface area contributed by atoms with Crippen LogP contribution in [0.15, 0.2) is 24.3 Å². The summed E-state index contributed by atoms with van der Waals surface area (Å²) in [6.07, 6.45) is 4.65. The molecular formula is C16H19IN2O2. The van der Waals surface area contributed by atoms with Gasteiger partial charge in [0.1, 0.15) is 11.6 Å². The minimum absolute atomic E-state index is 0.0463. The van der Waals surface area contributed by atoms with E-state index in [1.54, 1.807) is 11.8 Å². The Morgan fingerprint density at radius 1 is 1.14 bits per heavy atom. The number of amides is 2. The Bertz CT molecular complexity index is 564. The monoisotopic (exact) mass is 398 g/mol. The molecule has 1 atom stereocenters. The summed E-state index contributed by atoms with van der Waals surface area (Å²) in [4.78, 5) is 27.1.